The summed E-state index contributed by atoms with van der Waals surface area (Å²) in [6, 6.07) is 11.5. The largest absolute Gasteiger partial charge is 0.324 e. The van der Waals surface area contributed by atoms with E-state index in [4.69, 9.17) is 23.2 Å². The van der Waals surface area contributed by atoms with Gasteiger partial charge in [0.25, 0.3) is 0 Å². The minimum absolute atomic E-state index is 0.0583. The van der Waals surface area contributed by atoms with E-state index in [-0.39, 0.29) is 10.0 Å². The molecule has 1 heterocycles. The molecule has 0 radical (unpaired) electrons. The predicted octanol–water partition coefficient (Wildman–Crippen LogP) is 12.5. The lowest BCUT2D eigenvalue weighted by atomic mass is 9.91. The van der Waals surface area contributed by atoms with Crippen LogP contribution in [0.5, 0.6) is 0 Å². The second-order valence-corrected chi connectivity index (χ2v) is 13.2. The summed E-state index contributed by atoms with van der Waals surface area (Å²) < 4.78 is 13.6. The number of benzene rings is 2. The fraction of sp³-hybridized carbons (Fsp3) is 0.538. The van der Waals surface area contributed by atoms with Crippen molar-refractivity contribution in [2.24, 2.45) is 5.92 Å². The molecule has 1 fully saturated rings. The molecule has 0 unspecified atom stereocenters. The zero-order valence-electron chi connectivity index (χ0n) is 29.4. The van der Waals surface area contributed by atoms with Gasteiger partial charge in [0.05, 0.1) is 15.7 Å². The van der Waals surface area contributed by atoms with Gasteiger partial charge < -0.3 is 10.2 Å². The maximum Gasteiger partial charge on any atom is 0.227 e. The van der Waals surface area contributed by atoms with Gasteiger partial charge in [-0.1, -0.05) is 133 Å². The molecule has 46 heavy (non-hydrogen) atoms. The van der Waals surface area contributed by atoms with Crippen molar-refractivity contribution in [3.05, 3.63) is 86.9 Å². The summed E-state index contributed by atoms with van der Waals surface area (Å²) in [5.41, 5.74) is 5.86. The lowest BCUT2D eigenvalue weighted by molar-refractivity contribution is 0.326. The van der Waals surface area contributed by atoms with Gasteiger partial charge in [0.1, 0.15) is 0 Å². The first kappa shape index (κ1) is 39.7. The number of allylic oxidation sites excluding steroid dienone is 1. The van der Waals surface area contributed by atoms with Gasteiger partial charge in [0, 0.05) is 17.4 Å². The highest BCUT2D eigenvalue weighted by Gasteiger charge is 2.13. The van der Waals surface area contributed by atoms with Crippen LogP contribution >= 0.6 is 23.2 Å². The van der Waals surface area contributed by atoms with Crippen molar-refractivity contribution < 1.29 is 4.39 Å². The van der Waals surface area contributed by atoms with Crippen molar-refractivity contribution >= 4 is 40.4 Å². The molecule has 1 aliphatic rings. The molecule has 1 aliphatic carbocycles. The predicted molar refractivity (Wildman–Crippen MR) is 199 cm³/mol. The Hall–Kier alpha value is -2.47. The molecule has 4 nitrogen and oxygen atoms in total. The monoisotopic (exact) mass is 670 g/mol. The number of aromatic nitrogens is 2. The van der Waals surface area contributed by atoms with Gasteiger partial charge in [-0.3, -0.25) is 0 Å². The molecule has 1 aromatic heterocycles. The smallest absolute Gasteiger partial charge is 0.227 e. The Morgan fingerprint density at radius 3 is 2.11 bits per heavy atom. The minimum Gasteiger partial charge on any atom is -0.324 e. The van der Waals surface area contributed by atoms with Gasteiger partial charge in [-0.05, 0) is 87.5 Å². The first-order chi connectivity index (χ1) is 22.1. The normalized spacial score (nSPS) is 13.5. The Labute approximate surface area is 289 Å². The van der Waals surface area contributed by atoms with Crippen LogP contribution in [0, 0.1) is 18.7 Å². The van der Waals surface area contributed by atoms with Crippen LogP contribution in [0.3, 0.4) is 0 Å². The summed E-state index contributed by atoms with van der Waals surface area (Å²) in [6.07, 6.45) is 18.7. The van der Waals surface area contributed by atoms with Gasteiger partial charge in [-0.15, -0.1) is 0 Å². The Balaban J connectivity index is 0.000000353. The van der Waals surface area contributed by atoms with Crippen molar-refractivity contribution in [2.75, 3.05) is 25.5 Å². The van der Waals surface area contributed by atoms with Gasteiger partial charge in [0.2, 0.25) is 5.95 Å². The van der Waals surface area contributed by atoms with Gasteiger partial charge in [-0.2, -0.15) is 0 Å². The number of anilines is 2. The Kier molecular flexibility index (Phi) is 19.1. The number of unbranched alkanes of at least 4 members (excludes halogenated alkanes) is 2. The molecule has 1 N–H and O–H groups in total. The highest BCUT2D eigenvalue weighted by atomic mass is 35.5. The summed E-state index contributed by atoms with van der Waals surface area (Å²) in [6.45, 7) is 15.6. The molecule has 3 aromatic rings. The zero-order chi connectivity index (χ0) is 33.9. The first-order valence-electron chi connectivity index (χ1n) is 17.4. The Morgan fingerprint density at radius 2 is 1.61 bits per heavy atom. The molecule has 0 saturated heterocycles. The molecule has 0 aliphatic heterocycles. The highest BCUT2D eigenvalue weighted by molar-refractivity contribution is 6.35. The SMILES string of the molecule is CC/C=C(/c1ccc(CC)cc1)c1cnc(Nc2cc(Cl)c(F)c(Cl)c2)nc1C.CC1CCCCC1.CCCCCN(C)CCC. The number of aryl methyl sites for hydroxylation is 2. The van der Waals surface area contributed by atoms with Crippen molar-refractivity contribution in [3.8, 4) is 0 Å². The molecule has 0 spiro atoms. The lowest BCUT2D eigenvalue weighted by Crippen LogP contribution is -2.20. The molecule has 7 heteroatoms. The third-order valence-electron chi connectivity index (χ3n) is 8.23. The highest BCUT2D eigenvalue weighted by Crippen LogP contribution is 2.30. The maximum absolute atomic E-state index is 13.6. The summed E-state index contributed by atoms with van der Waals surface area (Å²) >= 11 is 11.7. The second kappa shape index (κ2) is 22.2. The number of halogens is 3. The van der Waals surface area contributed by atoms with E-state index in [1.54, 1.807) is 6.20 Å². The molecular formula is C39H57Cl2FN4. The summed E-state index contributed by atoms with van der Waals surface area (Å²) in [7, 11) is 2.21. The standard InChI is InChI=1S/C23H22Cl2FN3.C9H21N.C7H14/c1-4-6-18(16-9-7-15(5-2)8-10-16)19-13-27-23(28-14(19)3)29-17-11-20(24)22(26)21(25)12-17;1-4-6-7-9-10(3)8-5-2;1-7-5-3-2-4-6-7/h6-13H,4-5H2,1-3H3,(H,27,28,29);4-9H2,1-3H3;7H,2-6H2,1H3/b18-6-;;. The fourth-order valence-corrected chi connectivity index (χ4v) is 5.97. The third-order valence-corrected chi connectivity index (χ3v) is 8.78. The van der Waals surface area contributed by atoms with Crippen LogP contribution in [0.15, 0.2) is 48.7 Å². The van der Waals surface area contributed by atoms with Crippen LogP contribution in [-0.4, -0.2) is 35.0 Å². The zero-order valence-corrected chi connectivity index (χ0v) is 30.9. The molecule has 1 saturated carbocycles. The van der Waals surface area contributed by atoms with Crippen molar-refractivity contribution in [1.29, 1.82) is 0 Å². The maximum atomic E-state index is 13.6. The van der Waals surface area contributed by atoms with Gasteiger partial charge >= 0.3 is 0 Å². The average Bonchev–Trinajstić information content (AvgIpc) is 3.04. The lowest BCUT2D eigenvalue weighted by Gasteiger charge is -2.15. The number of nitrogens with zero attached hydrogens (tertiary/aromatic N) is 3. The van der Waals surface area contributed by atoms with Crippen LogP contribution in [0.2, 0.25) is 10.0 Å². The van der Waals surface area contributed by atoms with Crippen LogP contribution in [0.4, 0.5) is 16.0 Å². The summed E-state index contributed by atoms with van der Waals surface area (Å²) in [5, 5.41) is 2.91. The van der Waals surface area contributed by atoms with E-state index in [2.05, 4.69) is 92.2 Å². The number of rotatable bonds is 12. The topological polar surface area (TPSA) is 41.1 Å². The Morgan fingerprint density at radius 1 is 0.957 bits per heavy atom. The molecular weight excluding hydrogens is 614 g/mol. The molecule has 4 rings (SSSR count). The van der Waals surface area contributed by atoms with E-state index in [9.17, 15) is 4.39 Å². The van der Waals surface area contributed by atoms with E-state index in [1.807, 2.05) is 6.92 Å². The van der Waals surface area contributed by atoms with Gasteiger partial charge in [0.15, 0.2) is 5.82 Å². The number of hydrogen-bond acceptors (Lipinski definition) is 4. The molecule has 0 atom stereocenters. The molecule has 254 valence electrons. The van der Waals surface area contributed by atoms with Crippen LogP contribution in [-0.2, 0) is 6.42 Å². The summed E-state index contributed by atoms with van der Waals surface area (Å²) in [4.78, 5) is 11.4. The quantitative estimate of drug-likeness (QED) is 0.154. The number of nitrogens with one attached hydrogen (secondary N) is 1. The van der Waals surface area contributed by atoms with Crippen molar-refractivity contribution in [3.63, 3.8) is 0 Å². The third kappa shape index (κ3) is 14.1. The molecule has 0 bridgehead atoms. The van der Waals surface area contributed by atoms with Crippen LogP contribution in [0.1, 0.15) is 121 Å². The second-order valence-electron chi connectivity index (χ2n) is 12.4. The minimum atomic E-state index is -0.644. The van der Waals surface area contributed by atoms with Crippen molar-refractivity contribution in [1.82, 2.24) is 14.9 Å². The van der Waals surface area contributed by atoms with Crippen LogP contribution in [0.25, 0.3) is 5.57 Å². The molecule has 2 aromatic carbocycles. The fourth-order valence-electron chi connectivity index (χ4n) is 5.49. The average molecular weight is 672 g/mol. The molecule has 0 amide bonds. The Bertz CT molecular complexity index is 1300. The summed E-state index contributed by atoms with van der Waals surface area (Å²) in [5.74, 6) is 0.783. The van der Waals surface area contributed by atoms with Crippen LogP contribution < -0.4 is 5.32 Å². The van der Waals surface area contributed by atoms with E-state index in [0.29, 0.717) is 11.6 Å². The number of hydrogen-bond donors (Lipinski definition) is 1. The van der Waals surface area contributed by atoms with E-state index < -0.39 is 5.82 Å². The van der Waals surface area contributed by atoms with E-state index >= 15 is 0 Å². The van der Waals surface area contributed by atoms with E-state index in [0.717, 1.165) is 41.2 Å². The van der Waals surface area contributed by atoms with Gasteiger partial charge in [-0.25, -0.2) is 14.4 Å². The van der Waals surface area contributed by atoms with Crippen molar-refractivity contribution in [2.45, 2.75) is 112 Å². The first-order valence-corrected chi connectivity index (χ1v) is 18.1. The van der Waals surface area contributed by atoms with E-state index in [1.165, 1.54) is 88.6 Å².